The van der Waals surface area contributed by atoms with E-state index in [9.17, 15) is 4.79 Å². The Hall–Kier alpha value is -2.16. The summed E-state index contributed by atoms with van der Waals surface area (Å²) >= 11 is 3.04. The van der Waals surface area contributed by atoms with Crippen LogP contribution in [-0.4, -0.2) is 39.1 Å². The maximum Gasteiger partial charge on any atom is 0.234 e. The number of aryl methyl sites for hydroxylation is 1. The van der Waals surface area contributed by atoms with E-state index in [4.69, 9.17) is 4.74 Å². The number of amides is 1. The van der Waals surface area contributed by atoms with E-state index in [1.165, 1.54) is 11.8 Å². The fourth-order valence-corrected chi connectivity index (χ4v) is 4.57. The third kappa shape index (κ3) is 4.63. The first-order valence-corrected chi connectivity index (χ1v) is 11.1. The van der Waals surface area contributed by atoms with E-state index >= 15 is 0 Å². The van der Waals surface area contributed by atoms with E-state index in [1.807, 2.05) is 48.7 Å². The number of anilines is 1. The minimum Gasteiger partial charge on any atom is -0.376 e. The number of benzene rings is 1. The minimum absolute atomic E-state index is 0.0572. The second-order valence-corrected chi connectivity index (χ2v) is 8.62. The van der Waals surface area contributed by atoms with E-state index in [2.05, 4.69) is 20.1 Å². The van der Waals surface area contributed by atoms with Crippen molar-refractivity contribution in [2.24, 2.45) is 0 Å². The molecule has 0 radical (unpaired) electrons. The Balaban J connectivity index is 1.45. The van der Waals surface area contributed by atoms with Crippen molar-refractivity contribution in [1.29, 1.82) is 0 Å². The van der Waals surface area contributed by atoms with E-state index < -0.39 is 0 Å². The Labute approximate surface area is 172 Å². The lowest BCUT2D eigenvalue weighted by molar-refractivity contribution is -0.113. The molecule has 146 valence electrons. The molecule has 0 bridgehead atoms. The van der Waals surface area contributed by atoms with Gasteiger partial charge >= 0.3 is 0 Å². The first-order valence-electron chi connectivity index (χ1n) is 9.27. The molecule has 4 rings (SSSR count). The molecule has 0 unspecified atom stereocenters. The second kappa shape index (κ2) is 8.89. The normalized spacial score (nSPS) is 16.4. The highest BCUT2D eigenvalue weighted by Crippen LogP contribution is 2.29. The summed E-state index contributed by atoms with van der Waals surface area (Å²) in [5.74, 6) is 1.06. The fraction of sp³-hybridized carbons (Fsp3) is 0.350. The third-order valence-corrected chi connectivity index (χ3v) is 6.37. The zero-order chi connectivity index (χ0) is 19.3. The zero-order valence-electron chi connectivity index (χ0n) is 15.6. The molecule has 0 aliphatic carbocycles. The van der Waals surface area contributed by atoms with Crippen LogP contribution in [0.4, 0.5) is 5.69 Å². The van der Waals surface area contributed by atoms with Crippen LogP contribution in [0.5, 0.6) is 0 Å². The van der Waals surface area contributed by atoms with Crippen LogP contribution in [0.3, 0.4) is 0 Å². The summed E-state index contributed by atoms with van der Waals surface area (Å²) in [5.41, 5.74) is 1.96. The number of nitrogens with zero attached hydrogens (tertiary/aromatic N) is 3. The quantitative estimate of drug-likeness (QED) is 0.586. The van der Waals surface area contributed by atoms with Gasteiger partial charge in [0.15, 0.2) is 11.0 Å². The summed E-state index contributed by atoms with van der Waals surface area (Å²) in [5, 5.41) is 14.4. The predicted molar refractivity (Wildman–Crippen MR) is 113 cm³/mol. The highest BCUT2D eigenvalue weighted by molar-refractivity contribution is 7.99. The van der Waals surface area contributed by atoms with Crippen LogP contribution in [-0.2, 0) is 16.1 Å². The number of carbonyl (C=O) groups is 1. The number of carbonyl (C=O) groups excluding carboxylic acids is 1. The number of thioether (sulfide) groups is 1. The Morgan fingerprint density at radius 1 is 1.32 bits per heavy atom. The summed E-state index contributed by atoms with van der Waals surface area (Å²) in [6.07, 6.45) is 2.30. The van der Waals surface area contributed by atoms with Crippen LogP contribution in [0, 0.1) is 6.92 Å². The molecule has 3 aromatic rings. The van der Waals surface area contributed by atoms with Crippen molar-refractivity contribution in [2.75, 3.05) is 17.7 Å². The number of thiophene rings is 1. The molecular formula is C20H22N4O2S2. The van der Waals surface area contributed by atoms with Crippen molar-refractivity contribution in [3.63, 3.8) is 0 Å². The molecule has 3 heterocycles. The Morgan fingerprint density at radius 3 is 2.89 bits per heavy atom. The molecule has 2 aromatic heterocycles. The second-order valence-electron chi connectivity index (χ2n) is 6.73. The topological polar surface area (TPSA) is 69.0 Å². The van der Waals surface area contributed by atoms with Crippen LogP contribution >= 0.6 is 23.1 Å². The number of nitrogens with one attached hydrogen (secondary N) is 1. The summed E-state index contributed by atoms with van der Waals surface area (Å²) in [4.78, 5) is 13.4. The summed E-state index contributed by atoms with van der Waals surface area (Å²) in [6.45, 7) is 3.54. The maximum absolute atomic E-state index is 12.3. The molecule has 1 aliphatic rings. The van der Waals surface area contributed by atoms with E-state index in [1.54, 1.807) is 11.3 Å². The molecule has 1 atom stereocenters. The fourth-order valence-electron chi connectivity index (χ4n) is 3.10. The largest absolute Gasteiger partial charge is 0.376 e. The van der Waals surface area contributed by atoms with E-state index in [0.29, 0.717) is 6.54 Å². The number of ether oxygens (including phenoxy) is 1. The Kier molecular flexibility index (Phi) is 6.09. The lowest BCUT2D eigenvalue weighted by Gasteiger charge is -2.14. The maximum atomic E-state index is 12.3. The molecule has 0 spiro atoms. The molecule has 8 heteroatoms. The van der Waals surface area contributed by atoms with Gasteiger partial charge in [-0.25, -0.2) is 0 Å². The third-order valence-electron chi connectivity index (χ3n) is 4.54. The summed E-state index contributed by atoms with van der Waals surface area (Å²) in [6, 6.07) is 11.8. The van der Waals surface area contributed by atoms with Gasteiger partial charge in [0, 0.05) is 12.3 Å². The van der Waals surface area contributed by atoms with Gasteiger partial charge in [-0.3, -0.25) is 9.36 Å². The van der Waals surface area contributed by atoms with Crippen molar-refractivity contribution in [3.8, 4) is 10.7 Å². The molecule has 1 saturated heterocycles. The van der Waals surface area contributed by atoms with Gasteiger partial charge in [0.25, 0.3) is 0 Å². The minimum atomic E-state index is -0.0572. The predicted octanol–water partition coefficient (Wildman–Crippen LogP) is 4.22. The molecule has 28 heavy (non-hydrogen) atoms. The molecule has 0 saturated carbocycles. The highest BCUT2D eigenvalue weighted by atomic mass is 32.2. The van der Waals surface area contributed by atoms with Gasteiger partial charge in [-0.2, -0.15) is 0 Å². The standard InChI is InChI=1S/C20H22N4O2S2/c1-14-6-8-15(9-7-14)21-18(25)13-28-20-23-22-19(17-5-3-11-27-17)24(20)12-16-4-2-10-26-16/h3,5-9,11,16H,2,4,10,12-13H2,1H3,(H,21,25)/t16-/m0/s1. The van der Waals surface area contributed by atoms with Gasteiger partial charge in [-0.1, -0.05) is 35.5 Å². The van der Waals surface area contributed by atoms with E-state index in [-0.39, 0.29) is 17.8 Å². The Bertz CT molecular complexity index is 916. The van der Waals surface area contributed by atoms with Crippen molar-refractivity contribution < 1.29 is 9.53 Å². The molecule has 1 N–H and O–H groups in total. The van der Waals surface area contributed by atoms with Gasteiger partial charge in [-0.15, -0.1) is 21.5 Å². The highest BCUT2D eigenvalue weighted by Gasteiger charge is 2.22. The molecule has 1 aromatic carbocycles. The molecule has 1 amide bonds. The van der Waals surface area contributed by atoms with Crippen LogP contribution < -0.4 is 5.32 Å². The molecule has 1 fully saturated rings. The molecular weight excluding hydrogens is 392 g/mol. The van der Waals surface area contributed by atoms with Crippen LogP contribution in [0.25, 0.3) is 10.7 Å². The van der Waals surface area contributed by atoms with Gasteiger partial charge in [0.2, 0.25) is 5.91 Å². The lowest BCUT2D eigenvalue weighted by atomic mass is 10.2. The molecule has 1 aliphatic heterocycles. The van der Waals surface area contributed by atoms with Crippen molar-refractivity contribution in [2.45, 2.75) is 37.6 Å². The van der Waals surface area contributed by atoms with Gasteiger partial charge in [-0.05, 0) is 43.3 Å². The number of hydrogen-bond acceptors (Lipinski definition) is 6. The SMILES string of the molecule is Cc1ccc(NC(=O)CSc2nnc(-c3cccs3)n2C[C@@H]2CCCO2)cc1. The molecule has 6 nitrogen and oxygen atoms in total. The van der Waals surface area contributed by atoms with Crippen LogP contribution in [0.1, 0.15) is 18.4 Å². The van der Waals surface area contributed by atoms with Gasteiger partial charge < -0.3 is 10.1 Å². The average Bonchev–Trinajstić information content (AvgIpc) is 3.44. The van der Waals surface area contributed by atoms with Gasteiger partial charge in [0.1, 0.15) is 0 Å². The van der Waals surface area contributed by atoms with Crippen LogP contribution in [0.2, 0.25) is 0 Å². The number of aromatic nitrogens is 3. The number of hydrogen-bond donors (Lipinski definition) is 1. The monoisotopic (exact) mass is 414 g/mol. The van der Waals surface area contributed by atoms with Gasteiger partial charge in [0.05, 0.1) is 23.3 Å². The Morgan fingerprint density at radius 2 is 2.18 bits per heavy atom. The van der Waals surface area contributed by atoms with Crippen LogP contribution in [0.15, 0.2) is 46.9 Å². The van der Waals surface area contributed by atoms with Crippen molar-refractivity contribution >= 4 is 34.7 Å². The smallest absolute Gasteiger partial charge is 0.234 e. The first-order chi connectivity index (χ1) is 13.7. The summed E-state index contributed by atoms with van der Waals surface area (Å²) in [7, 11) is 0. The zero-order valence-corrected chi connectivity index (χ0v) is 17.3. The van der Waals surface area contributed by atoms with Crippen molar-refractivity contribution in [1.82, 2.24) is 14.8 Å². The first kappa shape index (κ1) is 19.2. The summed E-state index contributed by atoms with van der Waals surface area (Å²) < 4.78 is 7.90. The number of rotatable bonds is 7. The van der Waals surface area contributed by atoms with Crippen molar-refractivity contribution in [3.05, 3.63) is 47.3 Å². The lowest BCUT2D eigenvalue weighted by Crippen LogP contribution is -2.18. The average molecular weight is 415 g/mol. The van der Waals surface area contributed by atoms with E-state index in [0.717, 1.165) is 46.6 Å².